The molecule has 6 heteroatoms. The van der Waals surface area contributed by atoms with Crippen LogP contribution in [0.1, 0.15) is 5.82 Å². The smallest absolute Gasteiger partial charge is 0.199 e. The lowest BCUT2D eigenvalue weighted by atomic mass is 10.3. The molecule has 0 atom stereocenters. The highest BCUT2D eigenvalue weighted by Gasteiger charge is 2.06. The van der Waals surface area contributed by atoms with Crippen molar-refractivity contribution in [3.63, 3.8) is 0 Å². The van der Waals surface area contributed by atoms with E-state index in [1.54, 1.807) is 12.1 Å². The highest BCUT2D eigenvalue weighted by molar-refractivity contribution is 6.30. The minimum Gasteiger partial charge on any atom is -0.262 e. The number of aromatic amines is 1. The molecule has 0 aliphatic heterocycles. The number of nitrogens with zero attached hydrogens (tertiary/aromatic N) is 4. The Balaban J connectivity index is 2.30. The Kier molecular flexibility index (Phi) is 2.61. The molecule has 0 amide bonds. The zero-order chi connectivity index (χ0) is 10.7. The Labute approximate surface area is 90.8 Å². The fraction of sp³-hybridized carbons (Fsp3) is 0.111. The first-order valence-electron chi connectivity index (χ1n) is 4.20. The minimum atomic E-state index is 0.209. The summed E-state index contributed by atoms with van der Waals surface area (Å²) in [4.78, 5) is 8.17. The molecule has 74 valence electrons. The summed E-state index contributed by atoms with van der Waals surface area (Å²) < 4.78 is 0. The SMILES string of the molecule is N#CCc1nc(-c2ccc(Cl)cn2)n[nH]1. The Morgan fingerprint density at radius 2 is 2.33 bits per heavy atom. The van der Waals surface area contributed by atoms with E-state index in [2.05, 4.69) is 20.2 Å². The number of hydrogen-bond donors (Lipinski definition) is 1. The third kappa shape index (κ3) is 2.11. The lowest BCUT2D eigenvalue weighted by molar-refractivity contribution is 0.995. The van der Waals surface area contributed by atoms with Crippen molar-refractivity contribution in [2.75, 3.05) is 0 Å². The lowest BCUT2D eigenvalue weighted by Crippen LogP contribution is -1.86. The van der Waals surface area contributed by atoms with Gasteiger partial charge in [0.2, 0.25) is 0 Å². The molecule has 0 saturated heterocycles. The Morgan fingerprint density at radius 1 is 1.47 bits per heavy atom. The van der Waals surface area contributed by atoms with E-state index in [1.165, 1.54) is 6.20 Å². The lowest BCUT2D eigenvalue weighted by Gasteiger charge is -1.92. The largest absolute Gasteiger partial charge is 0.262 e. The van der Waals surface area contributed by atoms with Crippen LogP contribution in [0, 0.1) is 11.3 Å². The predicted molar refractivity (Wildman–Crippen MR) is 53.9 cm³/mol. The van der Waals surface area contributed by atoms with E-state index in [4.69, 9.17) is 16.9 Å². The van der Waals surface area contributed by atoms with Crippen LogP contribution >= 0.6 is 11.6 Å². The molecular formula is C9H6ClN5. The molecule has 2 aromatic heterocycles. The maximum Gasteiger partial charge on any atom is 0.199 e. The standard InChI is InChI=1S/C9H6ClN5/c10-6-1-2-7(12-5-6)9-13-8(3-4-11)14-15-9/h1-2,5H,3H2,(H,13,14,15). The molecule has 2 heterocycles. The van der Waals surface area contributed by atoms with Gasteiger partial charge < -0.3 is 0 Å². The van der Waals surface area contributed by atoms with E-state index >= 15 is 0 Å². The van der Waals surface area contributed by atoms with Crippen LogP contribution < -0.4 is 0 Å². The molecule has 0 aliphatic carbocycles. The Hall–Kier alpha value is -1.93. The van der Waals surface area contributed by atoms with E-state index in [-0.39, 0.29) is 6.42 Å². The summed E-state index contributed by atoms with van der Waals surface area (Å²) >= 11 is 5.70. The van der Waals surface area contributed by atoms with Crippen LogP contribution in [0.3, 0.4) is 0 Å². The third-order valence-electron chi connectivity index (χ3n) is 1.73. The highest BCUT2D eigenvalue weighted by Crippen LogP contribution is 2.14. The average molecular weight is 220 g/mol. The van der Waals surface area contributed by atoms with Gasteiger partial charge in [0.05, 0.1) is 17.5 Å². The number of pyridine rings is 1. The molecule has 0 radical (unpaired) electrons. The van der Waals surface area contributed by atoms with Crippen LogP contribution in [0.5, 0.6) is 0 Å². The third-order valence-corrected chi connectivity index (χ3v) is 1.96. The second kappa shape index (κ2) is 4.07. The molecule has 15 heavy (non-hydrogen) atoms. The molecule has 1 N–H and O–H groups in total. The van der Waals surface area contributed by atoms with Crippen molar-refractivity contribution in [3.8, 4) is 17.6 Å². The van der Waals surface area contributed by atoms with Gasteiger partial charge in [0.1, 0.15) is 11.5 Å². The second-order valence-electron chi connectivity index (χ2n) is 2.80. The number of nitriles is 1. The molecule has 2 aromatic rings. The van der Waals surface area contributed by atoms with Gasteiger partial charge in [0.15, 0.2) is 5.82 Å². The first kappa shape index (κ1) is 9.62. The zero-order valence-corrected chi connectivity index (χ0v) is 8.36. The molecule has 2 rings (SSSR count). The van der Waals surface area contributed by atoms with Crippen LogP contribution in [0.25, 0.3) is 11.5 Å². The predicted octanol–water partition coefficient (Wildman–Crippen LogP) is 1.59. The van der Waals surface area contributed by atoms with E-state index in [9.17, 15) is 0 Å². The van der Waals surface area contributed by atoms with Gasteiger partial charge in [-0.25, -0.2) is 4.98 Å². The molecule has 0 bridgehead atoms. The highest BCUT2D eigenvalue weighted by atomic mass is 35.5. The maximum absolute atomic E-state index is 8.47. The molecule has 0 aromatic carbocycles. The second-order valence-corrected chi connectivity index (χ2v) is 3.24. The maximum atomic E-state index is 8.47. The van der Waals surface area contributed by atoms with Gasteiger partial charge in [-0.15, -0.1) is 0 Å². The molecule has 5 nitrogen and oxygen atoms in total. The van der Waals surface area contributed by atoms with Crippen molar-refractivity contribution in [3.05, 3.63) is 29.2 Å². The first-order valence-corrected chi connectivity index (χ1v) is 4.57. The van der Waals surface area contributed by atoms with Gasteiger partial charge in [-0.3, -0.25) is 10.1 Å². The fourth-order valence-electron chi connectivity index (χ4n) is 1.07. The summed E-state index contributed by atoms with van der Waals surface area (Å²) in [5.74, 6) is 1.00. The summed E-state index contributed by atoms with van der Waals surface area (Å²) in [7, 11) is 0. The van der Waals surface area contributed by atoms with Gasteiger partial charge in [0, 0.05) is 6.20 Å². The van der Waals surface area contributed by atoms with Crippen molar-refractivity contribution >= 4 is 11.6 Å². The average Bonchev–Trinajstić information content (AvgIpc) is 2.68. The van der Waals surface area contributed by atoms with Crippen molar-refractivity contribution in [1.82, 2.24) is 20.2 Å². The summed E-state index contributed by atoms with van der Waals surface area (Å²) in [5, 5.41) is 15.6. The topological polar surface area (TPSA) is 78.2 Å². The van der Waals surface area contributed by atoms with E-state index < -0.39 is 0 Å². The summed E-state index contributed by atoms with van der Waals surface area (Å²) in [6.07, 6.45) is 1.73. The van der Waals surface area contributed by atoms with Crippen LogP contribution in [0.2, 0.25) is 5.02 Å². The molecule has 0 fully saturated rings. The fourth-order valence-corrected chi connectivity index (χ4v) is 1.18. The van der Waals surface area contributed by atoms with Crippen LogP contribution in [-0.2, 0) is 6.42 Å². The Bertz CT molecular complexity index is 496. The first-order chi connectivity index (χ1) is 7.29. The minimum absolute atomic E-state index is 0.209. The monoisotopic (exact) mass is 219 g/mol. The summed E-state index contributed by atoms with van der Waals surface area (Å²) in [6, 6.07) is 5.42. The normalized spacial score (nSPS) is 9.87. The summed E-state index contributed by atoms with van der Waals surface area (Å²) in [5.41, 5.74) is 0.625. The molecule has 0 saturated carbocycles. The van der Waals surface area contributed by atoms with Gasteiger partial charge in [-0.05, 0) is 12.1 Å². The quantitative estimate of drug-likeness (QED) is 0.832. The number of rotatable bonds is 2. The van der Waals surface area contributed by atoms with Crippen molar-refractivity contribution in [1.29, 1.82) is 5.26 Å². The molecular weight excluding hydrogens is 214 g/mol. The summed E-state index contributed by atoms with van der Waals surface area (Å²) in [6.45, 7) is 0. The molecule has 0 spiro atoms. The van der Waals surface area contributed by atoms with Crippen molar-refractivity contribution in [2.45, 2.75) is 6.42 Å². The van der Waals surface area contributed by atoms with Gasteiger partial charge in [-0.1, -0.05) is 11.6 Å². The van der Waals surface area contributed by atoms with Crippen LogP contribution in [0.4, 0.5) is 0 Å². The number of hydrogen-bond acceptors (Lipinski definition) is 4. The zero-order valence-electron chi connectivity index (χ0n) is 7.61. The number of halogens is 1. The number of H-pyrrole nitrogens is 1. The van der Waals surface area contributed by atoms with Gasteiger partial charge in [0.25, 0.3) is 0 Å². The molecule has 0 aliphatic rings. The number of aromatic nitrogens is 4. The van der Waals surface area contributed by atoms with Gasteiger partial charge in [-0.2, -0.15) is 10.4 Å². The number of nitrogens with one attached hydrogen (secondary N) is 1. The van der Waals surface area contributed by atoms with Crippen LogP contribution in [0.15, 0.2) is 18.3 Å². The van der Waals surface area contributed by atoms with E-state index in [0.29, 0.717) is 22.4 Å². The van der Waals surface area contributed by atoms with Crippen LogP contribution in [-0.4, -0.2) is 20.2 Å². The van der Waals surface area contributed by atoms with Gasteiger partial charge >= 0.3 is 0 Å². The van der Waals surface area contributed by atoms with Crippen molar-refractivity contribution < 1.29 is 0 Å². The van der Waals surface area contributed by atoms with E-state index in [1.807, 2.05) is 6.07 Å². The van der Waals surface area contributed by atoms with Crippen molar-refractivity contribution in [2.24, 2.45) is 0 Å². The Morgan fingerprint density at radius 3 is 3.00 bits per heavy atom. The van der Waals surface area contributed by atoms with E-state index in [0.717, 1.165) is 0 Å². The molecule has 0 unspecified atom stereocenters.